The number of hydrogen-bond donors (Lipinski definition) is 0. The van der Waals surface area contributed by atoms with E-state index < -0.39 is 0 Å². The van der Waals surface area contributed by atoms with E-state index in [4.69, 9.17) is 0 Å². The second kappa shape index (κ2) is 22.8. The van der Waals surface area contributed by atoms with Gasteiger partial charge in [0.1, 0.15) is 0 Å². The number of aryl methyl sites for hydroxylation is 1. The fraction of sp³-hybridized carbons (Fsp3) is 0.0118. The third kappa shape index (κ3) is 9.26. The first kappa shape index (κ1) is 55.0. The molecule has 0 saturated heterocycles. The summed E-state index contributed by atoms with van der Waals surface area (Å²) in [6.07, 6.45) is 0. The monoisotopic (exact) mass is 1220 g/mol. The largest absolute Gasteiger partial charge is 0.311 e. The Kier molecular flexibility index (Phi) is 13.5. The topological polar surface area (TPSA) is 13.0 Å². The van der Waals surface area contributed by atoms with Crippen LogP contribution in [0.1, 0.15) is 5.56 Å². The van der Waals surface area contributed by atoms with Gasteiger partial charge in [-0.05, 0) is 154 Å². The summed E-state index contributed by atoms with van der Waals surface area (Å²) < 4.78 is 0. The molecule has 0 bridgehead atoms. The molecular weight excluding hydrogens is 1160 g/mol. The van der Waals surface area contributed by atoms with Gasteiger partial charge < -0.3 is 19.6 Å². The van der Waals surface area contributed by atoms with E-state index in [1.165, 1.54) is 109 Å². The van der Waals surface area contributed by atoms with Crippen molar-refractivity contribution in [1.29, 1.82) is 0 Å². The molecular formula is C85H58B2N4S2. The summed E-state index contributed by atoms with van der Waals surface area (Å²) in [6.45, 7) is 2.15. The molecule has 93 heavy (non-hydrogen) atoms. The van der Waals surface area contributed by atoms with Crippen LogP contribution in [0.3, 0.4) is 0 Å². The molecule has 14 aromatic carbocycles. The summed E-state index contributed by atoms with van der Waals surface area (Å²) >= 11 is 3.83. The molecule has 4 heterocycles. The van der Waals surface area contributed by atoms with Crippen molar-refractivity contribution in [3.05, 3.63) is 339 Å². The average molecular weight is 1220 g/mol. The third-order valence-electron chi connectivity index (χ3n) is 19.0. The second-order valence-electron chi connectivity index (χ2n) is 24.4. The summed E-state index contributed by atoms with van der Waals surface area (Å²) in [5.74, 6) is 0. The van der Waals surface area contributed by atoms with Crippen molar-refractivity contribution in [2.45, 2.75) is 26.5 Å². The van der Waals surface area contributed by atoms with Gasteiger partial charge in [-0.3, -0.25) is 0 Å². The molecule has 14 aromatic rings. The summed E-state index contributed by atoms with van der Waals surface area (Å²) in [4.78, 5) is 15.1. The quantitative estimate of drug-likeness (QED) is 0.119. The van der Waals surface area contributed by atoms with Gasteiger partial charge in [0, 0.05) is 87.6 Å². The lowest BCUT2D eigenvalue weighted by atomic mass is 9.31. The molecule has 0 N–H and O–H groups in total. The van der Waals surface area contributed by atoms with Gasteiger partial charge in [-0.15, -0.1) is 0 Å². The van der Waals surface area contributed by atoms with Gasteiger partial charge >= 0.3 is 0 Å². The standard InChI is InChI=1S/C85H58B2N4S2/c1-57-27-26-41-69(61-32-12-4-13-33-61)85(57)91-76-56-80-73(86-70-42-21-24-45-75(70)90(64-38-18-7-19-39-64)77-51-66(53-82(93-80)83(77)86)88(62-34-14-5-15-35-62)63-36-16-6-17-37-63)55-72(76)87-71-43-22-25-46-79(71)92-81-54-67(52-78(91)84(81)87)89(65-49-47-59(48-50-65)58-28-8-2-9-29-58)74-44-23-20-40-68(74)60-30-10-3-11-31-60/h2-56H,1H3. The molecule has 0 aliphatic carbocycles. The van der Waals surface area contributed by atoms with Crippen LogP contribution in [-0.2, 0) is 0 Å². The van der Waals surface area contributed by atoms with Crippen molar-refractivity contribution in [2.24, 2.45) is 0 Å². The average Bonchev–Trinajstić information content (AvgIpc) is 0.697. The lowest BCUT2D eigenvalue weighted by molar-refractivity contribution is 1.21. The minimum atomic E-state index is -0.0874. The van der Waals surface area contributed by atoms with Gasteiger partial charge in [-0.25, -0.2) is 0 Å². The molecule has 0 spiro atoms. The van der Waals surface area contributed by atoms with Gasteiger partial charge in [0.25, 0.3) is 0 Å². The first-order valence-corrected chi connectivity index (χ1v) is 33.6. The zero-order chi connectivity index (χ0) is 61.5. The van der Waals surface area contributed by atoms with E-state index in [0.717, 1.165) is 50.9 Å². The van der Waals surface area contributed by atoms with Gasteiger partial charge in [-0.2, -0.15) is 0 Å². The highest BCUT2D eigenvalue weighted by Gasteiger charge is 2.47. The van der Waals surface area contributed by atoms with Gasteiger partial charge in [0.05, 0.1) is 11.4 Å². The Bertz CT molecular complexity index is 5150. The molecule has 18 rings (SSSR count). The molecule has 4 aliphatic heterocycles. The van der Waals surface area contributed by atoms with Crippen LogP contribution in [0.15, 0.2) is 353 Å². The zero-order valence-electron chi connectivity index (χ0n) is 51.0. The SMILES string of the molecule is Cc1cccc(-c2ccccc2)c1N1c2cc3c(cc2B2c4ccccc4Sc4cc(N(c5ccc(-c6ccccc6)cc5)c5ccccc5-c5ccccc5)cc1c42)B1c2ccccc2N(c2ccccc2)c2cc(N(c4ccccc4)c4ccccc4)cc(c21)S3. The van der Waals surface area contributed by atoms with Gasteiger partial charge in [0.2, 0.25) is 13.4 Å². The number of anilines is 12. The van der Waals surface area contributed by atoms with Crippen LogP contribution >= 0.6 is 23.5 Å². The minimum Gasteiger partial charge on any atom is -0.311 e. The normalized spacial score (nSPS) is 12.8. The zero-order valence-corrected chi connectivity index (χ0v) is 52.6. The van der Waals surface area contributed by atoms with Crippen molar-refractivity contribution in [3.8, 4) is 33.4 Å². The fourth-order valence-corrected chi connectivity index (χ4v) is 17.4. The van der Waals surface area contributed by atoms with Crippen LogP contribution in [0, 0.1) is 6.92 Å². The van der Waals surface area contributed by atoms with E-state index in [-0.39, 0.29) is 13.4 Å². The molecule has 0 amide bonds. The Morgan fingerprint density at radius 3 is 1.43 bits per heavy atom. The molecule has 0 aromatic heterocycles. The van der Waals surface area contributed by atoms with Crippen molar-refractivity contribution in [3.63, 3.8) is 0 Å². The predicted octanol–water partition coefficient (Wildman–Crippen LogP) is 19.5. The van der Waals surface area contributed by atoms with E-state index in [1.54, 1.807) is 0 Å². The Hall–Kier alpha value is -10.9. The number of benzene rings is 14. The molecule has 436 valence electrons. The highest BCUT2D eigenvalue weighted by Crippen LogP contribution is 2.53. The predicted molar refractivity (Wildman–Crippen MR) is 397 cm³/mol. The molecule has 8 heteroatoms. The molecule has 0 saturated carbocycles. The second-order valence-corrected chi connectivity index (χ2v) is 26.5. The highest BCUT2D eigenvalue weighted by molar-refractivity contribution is 8.00. The number of fused-ring (bicyclic) bond motifs is 8. The molecule has 0 fully saturated rings. The van der Waals surface area contributed by atoms with Crippen LogP contribution in [0.4, 0.5) is 68.2 Å². The van der Waals surface area contributed by atoms with E-state index in [9.17, 15) is 0 Å². The minimum absolute atomic E-state index is 0.0709. The maximum atomic E-state index is 2.68. The van der Waals surface area contributed by atoms with E-state index in [2.05, 4.69) is 360 Å². The van der Waals surface area contributed by atoms with E-state index >= 15 is 0 Å². The number of rotatable bonds is 11. The van der Waals surface area contributed by atoms with Crippen LogP contribution in [0.5, 0.6) is 0 Å². The summed E-state index contributed by atoms with van der Waals surface area (Å²) in [5, 5.41) is 0. The molecule has 4 nitrogen and oxygen atoms in total. The van der Waals surface area contributed by atoms with Crippen LogP contribution < -0.4 is 52.4 Å². The van der Waals surface area contributed by atoms with Gasteiger partial charge in [-0.1, -0.05) is 271 Å². The Morgan fingerprint density at radius 1 is 0.280 bits per heavy atom. The first-order chi connectivity index (χ1) is 46.1. The van der Waals surface area contributed by atoms with Crippen LogP contribution in [0.25, 0.3) is 33.4 Å². The van der Waals surface area contributed by atoms with Crippen molar-refractivity contribution in [1.82, 2.24) is 0 Å². The first-order valence-electron chi connectivity index (χ1n) is 32.0. The smallest absolute Gasteiger partial charge is 0.249 e. The Morgan fingerprint density at radius 2 is 0.763 bits per heavy atom. The van der Waals surface area contributed by atoms with Gasteiger partial charge in [0.15, 0.2) is 0 Å². The number of hydrogen-bond acceptors (Lipinski definition) is 6. The summed E-state index contributed by atoms with van der Waals surface area (Å²) in [5.41, 5.74) is 29.7. The Balaban J connectivity index is 0.914. The van der Waals surface area contributed by atoms with E-state index in [1.807, 2.05) is 23.5 Å². The van der Waals surface area contributed by atoms with Crippen molar-refractivity contribution < 1.29 is 0 Å². The Labute approximate surface area is 552 Å². The lowest BCUT2D eigenvalue weighted by Gasteiger charge is -2.44. The molecule has 4 aliphatic rings. The summed E-state index contributed by atoms with van der Waals surface area (Å²) in [7, 11) is 0. The highest BCUT2D eigenvalue weighted by atomic mass is 32.2. The fourth-order valence-electron chi connectivity index (χ4n) is 15.0. The van der Waals surface area contributed by atoms with Crippen molar-refractivity contribution >= 4 is 138 Å². The number of para-hydroxylation sites is 6. The molecule has 0 unspecified atom stereocenters. The van der Waals surface area contributed by atoms with Crippen molar-refractivity contribution in [2.75, 3.05) is 19.6 Å². The van der Waals surface area contributed by atoms with E-state index in [0.29, 0.717) is 0 Å². The maximum Gasteiger partial charge on any atom is 0.249 e. The third-order valence-corrected chi connectivity index (χ3v) is 21.3. The number of nitrogens with zero attached hydrogens (tertiary/aromatic N) is 4. The lowest BCUT2D eigenvalue weighted by Crippen LogP contribution is -2.64. The summed E-state index contributed by atoms with van der Waals surface area (Å²) in [6, 6.07) is 124. The molecule has 0 radical (unpaired) electrons. The molecule has 0 atom stereocenters. The maximum absolute atomic E-state index is 2.68. The van der Waals surface area contributed by atoms with Crippen LogP contribution in [-0.4, -0.2) is 13.4 Å². The van der Waals surface area contributed by atoms with Crippen LogP contribution in [0.2, 0.25) is 0 Å².